The second kappa shape index (κ2) is 5.70. The summed E-state index contributed by atoms with van der Waals surface area (Å²) in [5.41, 5.74) is 3.50. The summed E-state index contributed by atoms with van der Waals surface area (Å²) < 4.78 is 0. The van der Waals surface area contributed by atoms with Gasteiger partial charge in [0, 0.05) is 23.7 Å². The van der Waals surface area contributed by atoms with E-state index in [9.17, 15) is 10.1 Å². The number of nitro groups is 1. The van der Waals surface area contributed by atoms with Gasteiger partial charge in [0.2, 0.25) is 0 Å². The molecule has 3 aromatic rings. The number of nitro benzene ring substituents is 1. The van der Waals surface area contributed by atoms with E-state index in [0.717, 1.165) is 17.7 Å². The van der Waals surface area contributed by atoms with Crippen LogP contribution in [-0.2, 0) is 0 Å². The molecule has 1 N–H and O–H groups in total. The van der Waals surface area contributed by atoms with E-state index in [4.69, 9.17) is 0 Å². The lowest BCUT2D eigenvalue weighted by Gasteiger charge is -2.37. The van der Waals surface area contributed by atoms with Crippen LogP contribution in [0.25, 0.3) is 10.8 Å². The lowest BCUT2D eigenvalue weighted by Crippen LogP contribution is -2.29. The van der Waals surface area contributed by atoms with E-state index in [1.165, 1.54) is 16.3 Å². The Bertz CT molecular complexity index is 1050. The summed E-state index contributed by atoms with van der Waals surface area (Å²) >= 11 is 0. The Hall–Kier alpha value is -3.14. The molecule has 3 unspecified atom stereocenters. The number of nitrogens with zero attached hydrogens (tertiary/aromatic N) is 1. The predicted molar refractivity (Wildman–Crippen MR) is 103 cm³/mol. The molecule has 128 valence electrons. The minimum atomic E-state index is -0.315. The van der Waals surface area contributed by atoms with Crippen LogP contribution in [0.2, 0.25) is 0 Å². The van der Waals surface area contributed by atoms with Gasteiger partial charge in [0.05, 0.1) is 11.0 Å². The van der Waals surface area contributed by atoms with E-state index >= 15 is 0 Å². The van der Waals surface area contributed by atoms with Gasteiger partial charge in [0.15, 0.2) is 0 Å². The second-order valence-electron chi connectivity index (χ2n) is 7.07. The fraction of sp³-hybridized carbons (Fsp3) is 0.182. The third-order valence-electron chi connectivity index (χ3n) is 5.72. The van der Waals surface area contributed by atoms with Crippen molar-refractivity contribution < 1.29 is 4.92 Å². The molecule has 3 aromatic carbocycles. The fourth-order valence-electron chi connectivity index (χ4n) is 4.52. The summed E-state index contributed by atoms with van der Waals surface area (Å²) in [6.45, 7) is 0. The summed E-state index contributed by atoms with van der Waals surface area (Å²) in [6, 6.07) is 20.3. The highest BCUT2D eigenvalue weighted by molar-refractivity contribution is 5.86. The molecule has 26 heavy (non-hydrogen) atoms. The van der Waals surface area contributed by atoms with Gasteiger partial charge in [0.1, 0.15) is 0 Å². The summed E-state index contributed by atoms with van der Waals surface area (Å²) in [5.74, 6) is 0.588. The fourth-order valence-corrected chi connectivity index (χ4v) is 4.52. The van der Waals surface area contributed by atoms with Crippen molar-refractivity contribution in [2.45, 2.75) is 18.4 Å². The van der Waals surface area contributed by atoms with E-state index < -0.39 is 0 Å². The van der Waals surface area contributed by atoms with Crippen molar-refractivity contribution in [1.82, 2.24) is 0 Å². The van der Waals surface area contributed by atoms with Crippen LogP contribution in [0.5, 0.6) is 0 Å². The van der Waals surface area contributed by atoms with E-state index in [2.05, 4.69) is 59.9 Å². The summed E-state index contributed by atoms with van der Waals surface area (Å²) in [6.07, 6.45) is 5.41. The minimum Gasteiger partial charge on any atom is -0.378 e. The van der Waals surface area contributed by atoms with Crippen molar-refractivity contribution in [3.63, 3.8) is 0 Å². The molecule has 0 fully saturated rings. The van der Waals surface area contributed by atoms with Gasteiger partial charge in [-0.25, -0.2) is 0 Å². The highest BCUT2D eigenvalue weighted by atomic mass is 16.6. The Labute approximate surface area is 151 Å². The van der Waals surface area contributed by atoms with Gasteiger partial charge in [-0.3, -0.25) is 10.1 Å². The average molecular weight is 342 g/mol. The smallest absolute Gasteiger partial charge is 0.269 e. The van der Waals surface area contributed by atoms with E-state index in [1.54, 1.807) is 12.1 Å². The Kier molecular flexibility index (Phi) is 3.32. The van der Waals surface area contributed by atoms with Crippen molar-refractivity contribution in [2.24, 2.45) is 5.92 Å². The molecule has 0 bridgehead atoms. The average Bonchev–Trinajstić information content (AvgIpc) is 3.16. The van der Waals surface area contributed by atoms with Crippen molar-refractivity contribution in [3.05, 3.63) is 94.1 Å². The van der Waals surface area contributed by atoms with Crippen LogP contribution >= 0.6 is 0 Å². The molecule has 0 spiro atoms. The number of nitrogens with one attached hydrogen (secondary N) is 1. The van der Waals surface area contributed by atoms with Crippen molar-refractivity contribution in [3.8, 4) is 0 Å². The van der Waals surface area contributed by atoms with Gasteiger partial charge in [-0.1, -0.05) is 54.6 Å². The molecule has 1 aliphatic heterocycles. The summed E-state index contributed by atoms with van der Waals surface area (Å²) in [4.78, 5) is 10.9. The first kappa shape index (κ1) is 15.1. The number of allylic oxidation sites excluding steroid dienone is 2. The third kappa shape index (κ3) is 2.22. The summed E-state index contributed by atoms with van der Waals surface area (Å²) in [7, 11) is 0. The molecule has 1 heterocycles. The number of anilines is 1. The summed E-state index contributed by atoms with van der Waals surface area (Å²) in [5, 5.41) is 17.4. The first-order valence-electron chi connectivity index (χ1n) is 8.91. The largest absolute Gasteiger partial charge is 0.378 e. The maximum Gasteiger partial charge on any atom is 0.269 e. The predicted octanol–water partition coefficient (Wildman–Crippen LogP) is 5.57. The van der Waals surface area contributed by atoms with Crippen LogP contribution in [0, 0.1) is 16.0 Å². The van der Waals surface area contributed by atoms with Crippen LogP contribution in [-0.4, -0.2) is 4.92 Å². The van der Waals surface area contributed by atoms with Gasteiger partial charge in [-0.15, -0.1) is 0 Å². The van der Waals surface area contributed by atoms with Gasteiger partial charge in [-0.05, 0) is 40.3 Å². The molecule has 0 saturated carbocycles. The SMILES string of the molecule is O=[N+]([O-])c1ccc2c(c1)C1C=CCC1C(c1cccc3ccccc13)N2. The van der Waals surface area contributed by atoms with E-state index in [0.29, 0.717) is 5.92 Å². The number of rotatable bonds is 2. The Balaban J connectivity index is 1.65. The monoisotopic (exact) mass is 342 g/mol. The molecular weight excluding hydrogens is 324 g/mol. The molecule has 0 aromatic heterocycles. The minimum absolute atomic E-state index is 0.160. The zero-order valence-corrected chi connectivity index (χ0v) is 14.1. The normalized spacial score (nSPS) is 23.3. The van der Waals surface area contributed by atoms with Crippen LogP contribution < -0.4 is 5.32 Å². The van der Waals surface area contributed by atoms with Gasteiger partial charge < -0.3 is 5.32 Å². The molecule has 4 nitrogen and oxygen atoms in total. The molecule has 5 rings (SSSR count). The lowest BCUT2D eigenvalue weighted by atomic mass is 9.76. The molecule has 3 atom stereocenters. The Morgan fingerprint density at radius 2 is 1.85 bits per heavy atom. The first-order chi connectivity index (χ1) is 12.7. The van der Waals surface area contributed by atoms with Crippen molar-refractivity contribution in [2.75, 3.05) is 5.32 Å². The van der Waals surface area contributed by atoms with Gasteiger partial charge in [-0.2, -0.15) is 0 Å². The Morgan fingerprint density at radius 3 is 2.73 bits per heavy atom. The van der Waals surface area contributed by atoms with Crippen LogP contribution in [0.1, 0.15) is 29.5 Å². The maximum absolute atomic E-state index is 11.2. The quantitative estimate of drug-likeness (QED) is 0.376. The van der Waals surface area contributed by atoms with Gasteiger partial charge in [0.25, 0.3) is 5.69 Å². The molecule has 0 radical (unpaired) electrons. The number of hydrogen-bond acceptors (Lipinski definition) is 3. The first-order valence-corrected chi connectivity index (χ1v) is 8.91. The Morgan fingerprint density at radius 1 is 1.00 bits per heavy atom. The maximum atomic E-state index is 11.2. The zero-order valence-electron chi connectivity index (χ0n) is 14.1. The lowest BCUT2D eigenvalue weighted by molar-refractivity contribution is -0.384. The number of hydrogen-bond donors (Lipinski definition) is 1. The van der Waals surface area contributed by atoms with Crippen molar-refractivity contribution in [1.29, 1.82) is 0 Å². The zero-order chi connectivity index (χ0) is 17.7. The van der Waals surface area contributed by atoms with Crippen LogP contribution in [0.15, 0.2) is 72.8 Å². The number of non-ortho nitro benzene ring substituents is 1. The number of benzene rings is 3. The molecule has 0 saturated heterocycles. The highest BCUT2D eigenvalue weighted by Crippen LogP contribution is 2.51. The molecule has 2 aliphatic rings. The molecule has 4 heteroatoms. The van der Waals surface area contributed by atoms with Crippen LogP contribution in [0.3, 0.4) is 0 Å². The van der Waals surface area contributed by atoms with Crippen molar-refractivity contribution >= 4 is 22.1 Å². The standard InChI is InChI=1S/C22H18N2O2/c25-24(26)15-11-12-21-20(13-15)17-8-4-10-19(17)22(23-21)18-9-3-6-14-5-1-2-7-16(14)18/h1-9,11-13,17,19,22-23H,10H2. The van der Waals surface area contributed by atoms with E-state index in [1.807, 2.05) is 6.07 Å². The molecule has 1 aliphatic carbocycles. The molecule has 0 amide bonds. The highest BCUT2D eigenvalue weighted by Gasteiger charge is 2.39. The third-order valence-corrected chi connectivity index (χ3v) is 5.72. The number of fused-ring (bicyclic) bond motifs is 4. The topological polar surface area (TPSA) is 55.2 Å². The van der Waals surface area contributed by atoms with E-state index in [-0.39, 0.29) is 22.6 Å². The molecular formula is C22H18N2O2. The van der Waals surface area contributed by atoms with Crippen LogP contribution in [0.4, 0.5) is 11.4 Å². The second-order valence-corrected chi connectivity index (χ2v) is 7.07. The van der Waals surface area contributed by atoms with Gasteiger partial charge >= 0.3 is 0 Å².